The summed E-state index contributed by atoms with van der Waals surface area (Å²) in [4.78, 5) is 0. The Labute approximate surface area is 104 Å². The zero-order chi connectivity index (χ0) is 10.4. The van der Waals surface area contributed by atoms with Gasteiger partial charge in [-0.05, 0) is 47.2 Å². The second-order valence-electron chi connectivity index (χ2n) is 3.26. The van der Waals surface area contributed by atoms with E-state index in [0.29, 0.717) is 0 Å². The molecule has 0 aliphatic carbocycles. The molecular formula is C11H15ClIN. The van der Waals surface area contributed by atoms with E-state index in [-0.39, 0.29) is 0 Å². The first-order chi connectivity index (χ1) is 6.74. The van der Waals surface area contributed by atoms with Gasteiger partial charge in [-0.1, -0.05) is 31.4 Å². The summed E-state index contributed by atoms with van der Waals surface area (Å²) >= 11 is 8.34. The maximum atomic E-state index is 6.08. The molecule has 78 valence electrons. The van der Waals surface area contributed by atoms with Crippen molar-refractivity contribution < 1.29 is 0 Å². The molecule has 0 saturated carbocycles. The summed E-state index contributed by atoms with van der Waals surface area (Å²) in [5.41, 5.74) is 1.04. The highest BCUT2D eigenvalue weighted by Gasteiger charge is 1.99. The quantitative estimate of drug-likeness (QED) is 0.619. The second-order valence-corrected chi connectivity index (χ2v) is 4.91. The van der Waals surface area contributed by atoms with E-state index in [2.05, 4.69) is 40.9 Å². The predicted molar refractivity (Wildman–Crippen MR) is 72.2 cm³/mol. The summed E-state index contributed by atoms with van der Waals surface area (Å²) < 4.78 is 1.17. The number of benzene rings is 1. The maximum absolute atomic E-state index is 6.08. The summed E-state index contributed by atoms with van der Waals surface area (Å²) in [7, 11) is 0. The lowest BCUT2D eigenvalue weighted by molar-refractivity contribution is 0.744. The van der Waals surface area contributed by atoms with Crippen molar-refractivity contribution in [3.05, 3.63) is 26.8 Å². The van der Waals surface area contributed by atoms with Crippen molar-refractivity contribution in [3.8, 4) is 0 Å². The van der Waals surface area contributed by atoms with Crippen LogP contribution in [0, 0.1) is 3.57 Å². The summed E-state index contributed by atoms with van der Waals surface area (Å²) in [6.45, 7) is 3.21. The van der Waals surface area contributed by atoms with Gasteiger partial charge in [0.25, 0.3) is 0 Å². The van der Waals surface area contributed by atoms with Crippen LogP contribution in [0.15, 0.2) is 18.2 Å². The van der Waals surface area contributed by atoms with Crippen molar-refractivity contribution in [3.63, 3.8) is 0 Å². The monoisotopic (exact) mass is 323 g/mol. The summed E-state index contributed by atoms with van der Waals surface area (Å²) in [6, 6.07) is 6.08. The van der Waals surface area contributed by atoms with Gasteiger partial charge in [-0.3, -0.25) is 0 Å². The molecule has 0 spiro atoms. The fraction of sp³-hybridized carbons (Fsp3) is 0.455. The van der Waals surface area contributed by atoms with Crippen LogP contribution in [0.25, 0.3) is 0 Å². The molecule has 1 aromatic carbocycles. The topological polar surface area (TPSA) is 12.0 Å². The van der Waals surface area contributed by atoms with Gasteiger partial charge in [0.1, 0.15) is 0 Å². The Bertz CT molecular complexity index is 289. The molecule has 0 bridgehead atoms. The van der Waals surface area contributed by atoms with Crippen LogP contribution in [0.2, 0.25) is 5.02 Å². The minimum absolute atomic E-state index is 0.813. The molecule has 0 fully saturated rings. The Morgan fingerprint density at radius 2 is 2.14 bits per heavy atom. The van der Waals surface area contributed by atoms with E-state index in [1.54, 1.807) is 0 Å². The molecule has 14 heavy (non-hydrogen) atoms. The third-order valence-electron chi connectivity index (χ3n) is 2.03. The van der Waals surface area contributed by atoms with E-state index in [4.69, 9.17) is 11.6 Å². The third-order valence-corrected chi connectivity index (χ3v) is 3.01. The van der Waals surface area contributed by atoms with Gasteiger partial charge in [-0.15, -0.1) is 0 Å². The van der Waals surface area contributed by atoms with Crippen LogP contribution in [-0.4, -0.2) is 6.54 Å². The molecule has 0 atom stereocenters. The van der Waals surface area contributed by atoms with Gasteiger partial charge in [0.2, 0.25) is 0 Å². The fourth-order valence-corrected chi connectivity index (χ4v) is 2.15. The van der Waals surface area contributed by atoms with Crippen molar-refractivity contribution >= 4 is 39.9 Å². The van der Waals surface area contributed by atoms with Crippen molar-refractivity contribution in [1.82, 2.24) is 0 Å². The van der Waals surface area contributed by atoms with E-state index in [0.717, 1.165) is 17.3 Å². The van der Waals surface area contributed by atoms with Gasteiger partial charge < -0.3 is 5.32 Å². The van der Waals surface area contributed by atoms with Crippen molar-refractivity contribution in [1.29, 1.82) is 0 Å². The molecule has 1 nitrogen and oxygen atoms in total. The SMILES string of the molecule is CCCCCNc1ccc(I)cc1Cl. The molecule has 1 rings (SSSR count). The molecule has 0 amide bonds. The van der Waals surface area contributed by atoms with E-state index < -0.39 is 0 Å². The standard InChI is InChI=1S/C11H15ClIN/c1-2-3-4-7-14-11-6-5-9(13)8-10(11)12/h5-6,8,14H,2-4,7H2,1H3. The molecule has 1 N–H and O–H groups in total. The van der Waals surface area contributed by atoms with Crippen LogP contribution in [0.1, 0.15) is 26.2 Å². The maximum Gasteiger partial charge on any atom is 0.0648 e. The second kappa shape index (κ2) is 6.51. The zero-order valence-corrected chi connectivity index (χ0v) is 11.2. The van der Waals surface area contributed by atoms with Crippen molar-refractivity contribution in [2.24, 2.45) is 0 Å². The number of halogens is 2. The lowest BCUT2D eigenvalue weighted by Crippen LogP contribution is -2.01. The molecule has 0 heterocycles. The Morgan fingerprint density at radius 3 is 2.79 bits per heavy atom. The Morgan fingerprint density at radius 1 is 1.36 bits per heavy atom. The van der Waals surface area contributed by atoms with Crippen molar-refractivity contribution in [2.45, 2.75) is 26.2 Å². The molecule has 0 aromatic heterocycles. The summed E-state index contributed by atoms with van der Waals surface area (Å²) in [5, 5.41) is 4.15. The minimum Gasteiger partial charge on any atom is -0.384 e. The fourth-order valence-electron chi connectivity index (χ4n) is 1.23. The highest BCUT2D eigenvalue weighted by molar-refractivity contribution is 14.1. The zero-order valence-electron chi connectivity index (χ0n) is 8.32. The largest absolute Gasteiger partial charge is 0.384 e. The summed E-state index contributed by atoms with van der Waals surface area (Å²) in [5.74, 6) is 0. The summed E-state index contributed by atoms with van der Waals surface area (Å²) in [6.07, 6.45) is 3.73. The van der Waals surface area contributed by atoms with E-state index in [1.165, 1.54) is 22.8 Å². The van der Waals surface area contributed by atoms with Gasteiger partial charge in [0.15, 0.2) is 0 Å². The Balaban J connectivity index is 2.42. The average molecular weight is 324 g/mol. The average Bonchev–Trinajstić information content (AvgIpc) is 2.15. The molecule has 0 unspecified atom stereocenters. The van der Waals surface area contributed by atoms with Crippen LogP contribution in [0.3, 0.4) is 0 Å². The highest BCUT2D eigenvalue weighted by atomic mass is 127. The molecule has 0 aliphatic rings. The Kier molecular flexibility index (Phi) is 5.63. The first-order valence-corrected chi connectivity index (χ1v) is 6.38. The molecule has 0 aliphatic heterocycles. The normalized spacial score (nSPS) is 10.2. The highest BCUT2D eigenvalue weighted by Crippen LogP contribution is 2.23. The number of rotatable bonds is 5. The lowest BCUT2D eigenvalue weighted by Gasteiger charge is -2.07. The van der Waals surface area contributed by atoms with Crippen LogP contribution in [0.5, 0.6) is 0 Å². The predicted octanol–water partition coefficient (Wildman–Crippen LogP) is 4.55. The minimum atomic E-state index is 0.813. The van der Waals surface area contributed by atoms with E-state index in [1.807, 2.05) is 12.1 Å². The van der Waals surface area contributed by atoms with Crippen LogP contribution >= 0.6 is 34.2 Å². The first kappa shape index (κ1) is 12.1. The van der Waals surface area contributed by atoms with E-state index in [9.17, 15) is 0 Å². The van der Waals surface area contributed by atoms with Gasteiger partial charge in [-0.25, -0.2) is 0 Å². The number of hydrogen-bond acceptors (Lipinski definition) is 1. The van der Waals surface area contributed by atoms with Crippen molar-refractivity contribution in [2.75, 3.05) is 11.9 Å². The molecule has 1 aromatic rings. The molecular weight excluding hydrogens is 308 g/mol. The van der Waals surface area contributed by atoms with Gasteiger partial charge in [0, 0.05) is 10.1 Å². The van der Waals surface area contributed by atoms with Crippen LogP contribution in [0.4, 0.5) is 5.69 Å². The third kappa shape index (κ3) is 4.05. The number of hydrogen-bond donors (Lipinski definition) is 1. The van der Waals surface area contributed by atoms with Gasteiger partial charge in [-0.2, -0.15) is 0 Å². The lowest BCUT2D eigenvalue weighted by atomic mass is 10.2. The van der Waals surface area contributed by atoms with Crippen LogP contribution < -0.4 is 5.32 Å². The number of unbranched alkanes of at least 4 members (excludes halogenated alkanes) is 2. The number of nitrogens with one attached hydrogen (secondary N) is 1. The number of anilines is 1. The van der Waals surface area contributed by atoms with Crippen LogP contribution in [-0.2, 0) is 0 Å². The first-order valence-electron chi connectivity index (χ1n) is 4.93. The molecule has 0 radical (unpaired) electrons. The van der Waals surface area contributed by atoms with Gasteiger partial charge in [0.05, 0.1) is 10.7 Å². The van der Waals surface area contributed by atoms with E-state index >= 15 is 0 Å². The molecule has 0 saturated heterocycles. The Hall–Kier alpha value is 0.0400. The smallest absolute Gasteiger partial charge is 0.0648 e. The molecule has 3 heteroatoms. The van der Waals surface area contributed by atoms with Gasteiger partial charge >= 0.3 is 0 Å².